The minimum Gasteiger partial charge on any atom is -0.356 e. The molecule has 1 heterocycles. The summed E-state index contributed by atoms with van der Waals surface area (Å²) in [7, 11) is 0. The molecule has 1 saturated carbocycles. The summed E-state index contributed by atoms with van der Waals surface area (Å²) in [5, 5.41) is 9.20. The zero-order chi connectivity index (χ0) is 27.6. The van der Waals surface area contributed by atoms with Crippen molar-refractivity contribution in [3.8, 4) is 0 Å². The molecule has 6 nitrogen and oxygen atoms in total. The molecule has 0 unspecified atom stereocenters. The van der Waals surface area contributed by atoms with Gasteiger partial charge in [-0.1, -0.05) is 86.2 Å². The quantitative estimate of drug-likeness (QED) is 0.357. The van der Waals surface area contributed by atoms with E-state index in [1.54, 1.807) is 6.08 Å². The predicted octanol–water partition coefficient (Wildman–Crippen LogP) is 5.03. The second-order valence-electron chi connectivity index (χ2n) is 11.4. The second kappa shape index (κ2) is 14.1. The number of hydrogen-bond donors (Lipinski definition) is 3. The van der Waals surface area contributed by atoms with Crippen LogP contribution in [0.15, 0.2) is 54.6 Å². The maximum atomic E-state index is 13.8. The van der Waals surface area contributed by atoms with Gasteiger partial charge in [0.25, 0.3) is 0 Å². The fraction of sp³-hybridized carbons (Fsp3) is 0.485. The van der Waals surface area contributed by atoms with Crippen molar-refractivity contribution in [3.63, 3.8) is 0 Å². The molecule has 0 spiro atoms. The number of benzene rings is 2. The first-order chi connectivity index (χ1) is 18.9. The summed E-state index contributed by atoms with van der Waals surface area (Å²) >= 11 is 0. The first-order valence-electron chi connectivity index (χ1n) is 14.5. The first kappa shape index (κ1) is 28.6. The average Bonchev–Trinajstić information content (AvgIpc) is 3.33. The monoisotopic (exact) mass is 529 g/mol. The number of nitrogens with one attached hydrogen (secondary N) is 3. The van der Waals surface area contributed by atoms with Crippen LogP contribution in [0.5, 0.6) is 0 Å². The largest absolute Gasteiger partial charge is 0.356 e. The van der Waals surface area contributed by atoms with Gasteiger partial charge in [0.1, 0.15) is 6.04 Å². The molecule has 3 amide bonds. The van der Waals surface area contributed by atoms with Crippen molar-refractivity contribution in [2.24, 2.45) is 11.8 Å². The lowest BCUT2D eigenvalue weighted by molar-refractivity contribution is -0.128. The fourth-order valence-corrected chi connectivity index (χ4v) is 5.99. The summed E-state index contributed by atoms with van der Waals surface area (Å²) in [6.45, 7) is 4.85. The summed E-state index contributed by atoms with van der Waals surface area (Å²) in [6, 6.07) is 15.2. The van der Waals surface area contributed by atoms with Crippen molar-refractivity contribution in [1.82, 2.24) is 16.0 Å². The van der Waals surface area contributed by atoms with Crippen molar-refractivity contribution < 1.29 is 14.4 Å². The van der Waals surface area contributed by atoms with Crippen LogP contribution in [0.25, 0.3) is 6.08 Å². The number of carbonyl (C=O) groups excluding carboxylic acids is 3. The minimum atomic E-state index is -0.611. The van der Waals surface area contributed by atoms with E-state index in [0.717, 1.165) is 24.8 Å². The van der Waals surface area contributed by atoms with Gasteiger partial charge < -0.3 is 16.0 Å². The molecule has 2 aliphatic rings. The van der Waals surface area contributed by atoms with Crippen LogP contribution >= 0.6 is 0 Å². The molecule has 2 aromatic carbocycles. The van der Waals surface area contributed by atoms with Gasteiger partial charge >= 0.3 is 0 Å². The predicted molar refractivity (Wildman–Crippen MR) is 156 cm³/mol. The standard InChI is InChI=1S/C33H43N3O3/c1-23-13-15-27(24(2)19-23)21-29(22-28-17-18-34-32(28)38)35-33(39)30(20-26-11-7-4-8-12-26)36-31(37)16-14-25-9-5-3-6-10-25/h3,5-6,9-10,13-16,19,26,28-30H,4,7-8,11-12,17-18,20-22H2,1-2H3,(H,34,38)(H,35,39)(H,36,37)/t28-,29+,30-/m0/s1. The number of amides is 3. The van der Waals surface area contributed by atoms with Crippen molar-refractivity contribution >= 4 is 23.8 Å². The Bertz CT molecular complexity index is 1150. The first-order valence-corrected chi connectivity index (χ1v) is 14.5. The van der Waals surface area contributed by atoms with Gasteiger partial charge in [0.2, 0.25) is 17.7 Å². The molecule has 208 valence electrons. The molecule has 2 aromatic rings. The number of rotatable bonds is 11. The highest BCUT2D eigenvalue weighted by Crippen LogP contribution is 2.28. The highest BCUT2D eigenvalue weighted by atomic mass is 16.2. The summed E-state index contributed by atoms with van der Waals surface area (Å²) in [6.07, 6.45) is 11.7. The van der Waals surface area contributed by atoms with E-state index in [4.69, 9.17) is 0 Å². The highest BCUT2D eigenvalue weighted by Gasteiger charge is 2.31. The van der Waals surface area contributed by atoms with Crippen molar-refractivity contribution in [3.05, 3.63) is 76.9 Å². The molecule has 39 heavy (non-hydrogen) atoms. The van der Waals surface area contributed by atoms with Gasteiger partial charge in [0, 0.05) is 24.6 Å². The van der Waals surface area contributed by atoms with Crippen LogP contribution < -0.4 is 16.0 Å². The summed E-state index contributed by atoms with van der Waals surface area (Å²) in [5.41, 5.74) is 4.49. The van der Waals surface area contributed by atoms with E-state index >= 15 is 0 Å². The lowest BCUT2D eigenvalue weighted by Gasteiger charge is -2.29. The Morgan fingerprint density at radius 3 is 2.44 bits per heavy atom. The highest BCUT2D eigenvalue weighted by molar-refractivity contribution is 5.95. The van der Waals surface area contributed by atoms with Crippen LogP contribution in [0.1, 0.15) is 73.6 Å². The van der Waals surface area contributed by atoms with Crippen LogP contribution in [-0.2, 0) is 20.8 Å². The van der Waals surface area contributed by atoms with E-state index in [2.05, 4.69) is 48.0 Å². The van der Waals surface area contributed by atoms with E-state index in [1.165, 1.54) is 42.0 Å². The summed E-state index contributed by atoms with van der Waals surface area (Å²) < 4.78 is 0. The minimum absolute atomic E-state index is 0.0629. The number of hydrogen-bond acceptors (Lipinski definition) is 3. The lowest BCUT2D eigenvalue weighted by atomic mass is 9.84. The zero-order valence-corrected chi connectivity index (χ0v) is 23.4. The molecule has 3 N–H and O–H groups in total. The smallest absolute Gasteiger partial charge is 0.244 e. The van der Waals surface area contributed by atoms with Gasteiger partial charge in [-0.2, -0.15) is 0 Å². The Balaban J connectivity index is 1.49. The third-order valence-electron chi connectivity index (χ3n) is 8.20. The van der Waals surface area contributed by atoms with Gasteiger partial charge in [-0.15, -0.1) is 0 Å². The lowest BCUT2D eigenvalue weighted by Crippen LogP contribution is -2.51. The fourth-order valence-electron chi connectivity index (χ4n) is 5.99. The molecule has 6 heteroatoms. The van der Waals surface area contributed by atoms with Crippen molar-refractivity contribution in [2.45, 2.75) is 83.7 Å². The summed E-state index contributed by atoms with van der Waals surface area (Å²) in [5.74, 6) is -0.0494. The summed E-state index contributed by atoms with van der Waals surface area (Å²) in [4.78, 5) is 39.1. The number of aryl methyl sites for hydroxylation is 2. The van der Waals surface area contributed by atoms with Crippen molar-refractivity contribution in [2.75, 3.05) is 6.54 Å². The molecule has 4 rings (SSSR count). The molecule has 0 radical (unpaired) electrons. The Morgan fingerprint density at radius 1 is 0.974 bits per heavy atom. The molecule has 1 saturated heterocycles. The molecule has 2 fully saturated rings. The Labute approximate surface area is 233 Å². The SMILES string of the molecule is Cc1ccc(C[C@H](C[C@@H]2CCNC2=O)NC(=O)[C@H](CC2CCCCC2)NC(=O)C=Cc2ccccc2)c(C)c1. The van der Waals surface area contributed by atoms with Crippen molar-refractivity contribution in [1.29, 1.82) is 0 Å². The number of carbonyl (C=O) groups is 3. The normalized spacial score (nSPS) is 19.4. The molecule has 3 atom stereocenters. The maximum Gasteiger partial charge on any atom is 0.244 e. The molecular weight excluding hydrogens is 486 g/mol. The van der Waals surface area contributed by atoms with Crippen LogP contribution in [0.4, 0.5) is 0 Å². The van der Waals surface area contributed by atoms with E-state index < -0.39 is 6.04 Å². The Kier molecular flexibility index (Phi) is 10.3. The van der Waals surface area contributed by atoms with Crippen LogP contribution in [-0.4, -0.2) is 36.3 Å². The van der Waals surface area contributed by atoms with E-state index in [-0.39, 0.29) is 29.7 Å². The van der Waals surface area contributed by atoms with E-state index in [9.17, 15) is 14.4 Å². The molecular formula is C33H43N3O3. The molecule has 1 aliphatic carbocycles. The third kappa shape index (κ3) is 8.81. The Morgan fingerprint density at radius 2 is 1.74 bits per heavy atom. The van der Waals surface area contributed by atoms with Crippen LogP contribution in [0, 0.1) is 25.7 Å². The second-order valence-corrected chi connectivity index (χ2v) is 11.4. The molecule has 1 aliphatic heterocycles. The maximum absolute atomic E-state index is 13.8. The Hall–Kier alpha value is -3.41. The molecule has 0 aromatic heterocycles. The van der Waals surface area contributed by atoms with E-state index in [0.29, 0.717) is 31.7 Å². The van der Waals surface area contributed by atoms with Gasteiger partial charge in [-0.3, -0.25) is 14.4 Å². The van der Waals surface area contributed by atoms with Gasteiger partial charge in [-0.05, 0) is 68.2 Å². The van der Waals surface area contributed by atoms with Gasteiger partial charge in [0.05, 0.1) is 0 Å². The van der Waals surface area contributed by atoms with Gasteiger partial charge in [-0.25, -0.2) is 0 Å². The van der Waals surface area contributed by atoms with Crippen LogP contribution in [0.2, 0.25) is 0 Å². The zero-order valence-electron chi connectivity index (χ0n) is 23.4. The van der Waals surface area contributed by atoms with Crippen LogP contribution in [0.3, 0.4) is 0 Å². The van der Waals surface area contributed by atoms with E-state index in [1.807, 2.05) is 30.3 Å². The topological polar surface area (TPSA) is 87.3 Å². The third-order valence-corrected chi connectivity index (χ3v) is 8.20. The average molecular weight is 530 g/mol. The molecule has 0 bridgehead atoms. The van der Waals surface area contributed by atoms with Gasteiger partial charge in [0.15, 0.2) is 0 Å².